The molecule has 7 heteroatoms. The van der Waals surface area contributed by atoms with Crippen molar-refractivity contribution < 1.29 is 14.4 Å². The van der Waals surface area contributed by atoms with Crippen LogP contribution >= 0.6 is 0 Å². The van der Waals surface area contributed by atoms with E-state index < -0.39 is 23.8 Å². The van der Waals surface area contributed by atoms with Gasteiger partial charge in [0.25, 0.3) is 0 Å². The number of ketones is 1. The molecule has 7 nitrogen and oxygen atoms in total. The average molecular weight is 374 g/mol. The first-order chi connectivity index (χ1) is 13.6. The minimum atomic E-state index is -1.34. The summed E-state index contributed by atoms with van der Waals surface area (Å²) in [6, 6.07) is 17.6. The van der Waals surface area contributed by atoms with Crippen LogP contribution in [0.2, 0.25) is 0 Å². The van der Waals surface area contributed by atoms with Crippen molar-refractivity contribution in [2.24, 2.45) is 5.92 Å². The summed E-state index contributed by atoms with van der Waals surface area (Å²) in [6.07, 6.45) is 3.57. The fourth-order valence-corrected chi connectivity index (χ4v) is 3.26. The Bertz CT molecular complexity index is 980. The van der Waals surface area contributed by atoms with E-state index in [0.717, 1.165) is 11.3 Å². The SMILES string of the molecule is O=C1CC(c2ccccc2)NC(=O)C1C(=O)Nc1ccc(-n2cccn2)cc1. The zero-order valence-electron chi connectivity index (χ0n) is 14.9. The largest absolute Gasteiger partial charge is 0.348 e. The Balaban J connectivity index is 1.43. The number of Topliss-reactive ketones (excluding diaryl/α,β-unsaturated/α-hetero) is 1. The molecule has 0 bridgehead atoms. The van der Waals surface area contributed by atoms with Crippen LogP contribution in [-0.4, -0.2) is 27.4 Å². The van der Waals surface area contributed by atoms with E-state index in [1.165, 1.54) is 0 Å². The Hall–Kier alpha value is -3.74. The molecule has 1 aromatic heterocycles. The molecule has 2 heterocycles. The first-order valence-electron chi connectivity index (χ1n) is 8.91. The van der Waals surface area contributed by atoms with Crippen LogP contribution in [0.25, 0.3) is 5.69 Å². The van der Waals surface area contributed by atoms with E-state index in [-0.39, 0.29) is 12.2 Å². The van der Waals surface area contributed by atoms with E-state index in [1.807, 2.05) is 42.6 Å². The number of piperidine rings is 1. The molecule has 2 aromatic carbocycles. The number of anilines is 1. The summed E-state index contributed by atoms with van der Waals surface area (Å²) in [7, 11) is 0. The summed E-state index contributed by atoms with van der Waals surface area (Å²) < 4.78 is 1.69. The first kappa shape index (κ1) is 17.7. The molecule has 2 N–H and O–H groups in total. The number of hydrogen-bond acceptors (Lipinski definition) is 4. The highest BCUT2D eigenvalue weighted by Gasteiger charge is 2.40. The maximum atomic E-state index is 12.5. The van der Waals surface area contributed by atoms with Gasteiger partial charge in [-0.1, -0.05) is 30.3 Å². The van der Waals surface area contributed by atoms with Crippen molar-refractivity contribution in [2.45, 2.75) is 12.5 Å². The molecule has 2 atom stereocenters. The highest BCUT2D eigenvalue weighted by molar-refractivity contribution is 6.22. The van der Waals surface area contributed by atoms with Gasteiger partial charge in [-0.05, 0) is 35.9 Å². The van der Waals surface area contributed by atoms with E-state index in [1.54, 1.807) is 35.1 Å². The number of rotatable bonds is 4. The lowest BCUT2D eigenvalue weighted by Gasteiger charge is -2.27. The fraction of sp³-hybridized carbons (Fsp3) is 0.143. The van der Waals surface area contributed by atoms with E-state index >= 15 is 0 Å². The number of nitrogens with zero attached hydrogens (tertiary/aromatic N) is 2. The van der Waals surface area contributed by atoms with Gasteiger partial charge in [0, 0.05) is 24.5 Å². The molecule has 0 radical (unpaired) electrons. The maximum Gasteiger partial charge on any atom is 0.244 e. The summed E-state index contributed by atoms with van der Waals surface area (Å²) >= 11 is 0. The minimum absolute atomic E-state index is 0.0894. The molecule has 2 unspecified atom stereocenters. The molecule has 28 heavy (non-hydrogen) atoms. The second kappa shape index (κ2) is 7.48. The topological polar surface area (TPSA) is 93.1 Å². The summed E-state index contributed by atoms with van der Waals surface area (Å²) in [5.74, 6) is -2.93. The molecule has 1 fully saturated rings. The van der Waals surface area contributed by atoms with Gasteiger partial charge in [0.2, 0.25) is 11.8 Å². The molecule has 1 saturated heterocycles. The predicted molar refractivity (Wildman–Crippen MR) is 103 cm³/mol. The van der Waals surface area contributed by atoms with Gasteiger partial charge in [-0.2, -0.15) is 5.10 Å². The molecule has 4 rings (SSSR count). The van der Waals surface area contributed by atoms with E-state index in [4.69, 9.17) is 0 Å². The molecule has 1 aliphatic rings. The van der Waals surface area contributed by atoms with Crippen LogP contribution in [0.15, 0.2) is 73.1 Å². The highest BCUT2D eigenvalue weighted by atomic mass is 16.2. The molecule has 0 aliphatic carbocycles. The number of benzene rings is 2. The van der Waals surface area contributed by atoms with E-state index in [2.05, 4.69) is 15.7 Å². The third kappa shape index (κ3) is 3.55. The number of aromatic nitrogens is 2. The molecule has 2 amide bonds. The Morgan fingerprint density at radius 2 is 1.79 bits per heavy atom. The summed E-state index contributed by atoms with van der Waals surface area (Å²) in [5, 5.41) is 9.56. The molecule has 0 spiro atoms. The molecular weight excluding hydrogens is 356 g/mol. The normalized spacial score (nSPS) is 19.1. The van der Waals surface area contributed by atoms with Crippen molar-refractivity contribution in [1.29, 1.82) is 0 Å². The van der Waals surface area contributed by atoms with Crippen LogP contribution in [-0.2, 0) is 14.4 Å². The van der Waals surface area contributed by atoms with Crippen LogP contribution < -0.4 is 10.6 Å². The zero-order valence-corrected chi connectivity index (χ0v) is 14.9. The van der Waals surface area contributed by atoms with Gasteiger partial charge in [-0.25, -0.2) is 4.68 Å². The number of carbonyl (C=O) groups excluding carboxylic acids is 3. The Kier molecular flexibility index (Phi) is 4.72. The van der Waals surface area contributed by atoms with Gasteiger partial charge in [-0.15, -0.1) is 0 Å². The summed E-state index contributed by atoms with van der Waals surface area (Å²) in [5.41, 5.74) is 2.18. The number of amides is 2. The number of nitrogens with one attached hydrogen (secondary N) is 2. The standard InChI is InChI=1S/C21H18N4O3/c26-18-13-17(14-5-2-1-3-6-14)24-21(28)19(18)20(27)23-15-7-9-16(10-8-15)25-12-4-11-22-25/h1-12,17,19H,13H2,(H,23,27)(H,24,28). The van der Waals surface area contributed by atoms with Crippen molar-refractivity contribution in [3.8, 4) is 5.69 Å². The first-order valence-corrected chi connectivity index (χ1v) is 8.91. The van der Waals surface area contributed by atoms with Crippen molar-refractivity contribution >= 4 is 23.3 Å². The monoisotopic (exact) mass is 374 g/mol. The van der Waals surface area contributed by atoms with Gasteiger partial charge < -0.3 is 10.6 Å². The smallest absolute Gasteiger partial charge is 0.244 e. The van der Waals surface area contributed by atoms with E-state index in [0.29, 0.717) is 5.69 Å². The van der Waals surface area contributed by atoms with E-state index in [9.17, 15) is 14.4 Å². The van der Waals surface area contributed by atoms with Gasteiger partial charge in [0.05, 0.1) is 11.7 Å². The Morgan fingerprint density at radius 1 is 1.04 bits per heavy atom. The van der Waals surface area contributed by atoms with Gasteiger partial charge in [-0.3, -0.25) is 14.4 Å². The van der Waals surface area contributed by atoms with Crippen molar-refractivity contribution in [2.75, 3.05) is 5.32 Å². The van der Waals surface area contributed by atoms with Crippen molar-refractivity contribution in [3.63, 3.8) is 0 Å². The quantitative estimate of drug-likeness (QED) is 0.685. The van der Waals surface area contributed by atoms with Crippen molar-refractivity contribution in [3.05, 3.63) is 78.6 Å². The third-order valence-electron chi connectivity index (χ3n) is 4.67. The summed E-state index contributed by atoms with van der Waals surface area (Å²) in [6.45, 7) is 0. The van der Waals surface area contributed by atoms with Crippen LogP contribution in [0.1, 0.15) is 18.0 Å². The second-order valence-electron chi connectivity index (χ2n) is 6.56. The molecular formula is C21H18N4O3. The maximum absolute atomic E-state index is 12.5. The molecule has 3 aromatic rings. The Morgan fingerprint density at radius 3 is 2.43 bits per heavy atom. The lowest BCUT2D eigenvalue weighted by atomic mass is 9.88. The van der Waals surface area contributed by atoms with Crippen LogP contribution in [0.4, 0.5) is 5.69 Å². The molecule has 0 saturated carbocycles. The van der Waals surface area contributed by atoms with Crippen LogP contribution in [0.5, 0.6) is 0 Å². The van der Waals surface area contributed by atoms with Gasteiger partial charge in [0.1, 0.15) is 0 Å². The lowest BCUT2D eigenvalue weighted by molar-refractivity contribution is -0.143. The zero-order chi connectivity index (χ0) is 19.5. The molecule has 1 aliphatic heterocycles. The fourth-order valence-electron chi connectivity index (χ4n) is 3.26. The average Bonchev–Trinajstić information content (AvgIpc) is 3.23. The number of carbonyl (C=O) groups is 3. The van der Waals surface area contributed by atoms with Gasteiger partial charge >= 0.3 is 0 Å². The number of hydrogen-bond donors (Lipinski definition) is 2. The van der Waals surface area contributed by atoms with Gasteiger partial charge in [0.15, 0.2) is 11.7 Å². The Labute approximate surface area is 161 Å². The van der Waals surface area contributed by atoms with Crippen LogP contribution in [0.3, 0.4) is 0 Å². The van der Waals surface area contributed by atoms with Crippen molar-refractivity contribution in [1.82, 2.24) is 15.1 Å². The molecule has 140 valence electrons. The minimum Gasteiger partial charge on any atom is -0.348 e. The van der Waals surface area contributed by atoms with Crippen LogP contribution in [0, 0.1) is 5.92 Å². The third-order valence-corrected chi connectivity index (χ3v) is 4.67. The summed E-state index contributed by atoms with van der Waals surface area (Å²) in [4.78, 5) is 37.5. The lowest BCUT2D eigenvalue weighted by Crippen LogP contribution is -2.49. The predicted octanol–water partition coefficient (Wildman–Crippen LogP) is 2.26. The second-order valence-corrected chi connectivity index (χ2v) is 6.56. The highest BCUT2D eigenvalue weighted by Crippen LogP contribution is 2.25.